The molecule has 3 heterocycles. The van der Waals surface area contributed by atoms with Gasteiger partial charge in [-0.05, 0) is 19.4 Å². The van der Waals surface area contributed by atoms with Crippen LogP contribution in [0.4, 0.5) is 0 Å². The zero-order valence-corrected chi connectivity index (χ0v) is 13.0. The number of ether oxygens (including phenoxy) is 2. The van der Waals surface area contributed by atoms with Crippen LogP contribution in [-0.2, 0) is 6.54 Å². The van der Waals surface area contributed by atoms with Gasteiger partial charge in [0.15, 0.2) is 11.5 Å². The van der Waals surface area contributed by atoms with Crippen molar-refractivity contribution in [1.29, 1.82) is 0 Å². The van der Waals surface area contributed by atoms with Gasteiger partial charge in [0.25, 0.3) is 0 Å². The number of pyridine rings is 1. The van der Waals surface area contributed by atoms with Gasteiger partial charge in [-0.3, -0.25) is 15.0 Å². The van der Waals surface area contributed by atoms with Crippen molar-refractivity contribution in [2.45, 2.75) is 31.8 Å². The summed E-state index contributed by atoms with van der Waals surface area (Å²) < 4.78 is 10.8. The van der Waals surface area contributed by atoms with Crippen molar-refractivity contribution in [3.05, 3.63) is 30.1 Å². The van der Waals surface area contributed by atoms with Gasteiger partial charge in [-0.1, -0.05) is 6.42 Å². The quantitative estimate of drug-likeness (QED) is 0.909. The highest BCUT2D eigenvalue weighted by Gasteiger charge is 2.27. The molecule has 0 saturated carbocycles. The predicted molar refractivity (Wildman–Crippen MR) is 80.7 cm³/mol. The van der Waals surface area contributed by atoms with E-state index in [4.69, 9.17) is 9.47 Å². The van der Waals surface area contributed by atoms with Crippen molar-refractivity contribution in [3.63, 3.8) is 0 Å². The number of aromatic amines is 1. The molecule has 22 heavy (non-hydrogen) atoms. The van der Waals surface area contributed by atoms with Crippen LogP contribution >= 0.6 is 0 Å². The zero-order valence-electron chi connectivity index (χ0n) is 13.0. The maximum Gasteiger partial charge on any atom is 0.183 e. The largest absolute Gasteiger partial charge is 0.493 e. The third-order valence-electron chi connectivity index (χ3n) is 4.08. The lowest BCUT2D eigenvalue weighted by atomic mass is 10.0. The summed E-state index contributed by atoms with van der Waals surface area (Å²) in [6, 6.07) is 2.06. The van der Waals surface area contributed by atoms with Crippen molar-refractivity contribution < 1.29 is 9.47 Å². The van der Waals surface area contributed by atoms with Gasteiger partial charge in [0, 0.05) is 18.8 Å². The summed E-state index contributed by atoms with van der Waals surface area (Å²) in [5, 5.41) is 6.97. The minimum atomic E-state index is 0.244. The minimum Gasteiger partial charge on any atom is -0.493 e. The van der Waals surface area contributed by atoms with Crippen LogP contribution in [0.25, 0.3) is 0 Å². The number of rotatable bonds is 5. The molecule has 1 atom stereocenters. The average Bonchev–Trinajstić information content (AvgIpc) is 3.09. The van der Waals surface area contributed by atoms with Crippen molar-refractivity contribution in [3.8, 4) is 11.5 Å². The average molecular weight is 303 g/mol. The molecule has 7 heteroatoms. The number of aromatic nitrogens is 4. The van der Waals surface area contributed by atoms with Gasteiger partial charge in [0.05, 0.1) is 20.3 Å². The molecular formula is C15H21N5O2. The summed E-state index contributed by atoms with van der Waals surface area (Å²) in [4.78, 5) is 11.2. The van der Waals surface area contributed by atoms with Gasteiger partial charge >= 0.3 is 0 Å². The lowest BCUT2D eigenvalue weighted by Gasteiger charge is -2.34. The Labute approximate surface area is 129 Å². The Kier molecular flexibility index (Phi) is 4.53. The second kappa shape index (κ2) is 6.74. The molecule has 0 aromatic carbocycles. The van der Waals surface area contributed by atoms with Crippen LogP contribution in [0.2, 0.25) is 0 Å². The van der Waals surface area contributed by atoms with E-state index < -0.39 is 0 Å². The first-order chi connectivity index (χ1) is 10.8. The molecule has 1 fully saturated rings. The predicted octanol–water partition coefficient (Wildman–Crippen LogP) is 1.94. The van der Waals surface area contributed by atoms with Gasteiger partial charge in [-0.15, -0.1) is 0 Å². The first-order valence-corrected chi connectivity index (χ1v) is 7.48. The number of hydrogen-bond donors (Lipinski definition) is 1. The van der Waals surface area contributed by atoms with E-state index in [1.54, 1.807) is 26.7 Å². The topological polar surface area (TPSA) is 76.2 Å². The molecule has 1 aliphatic rings. The molecule has 1 aliphatic heterocycles. The number of piperidine rings is 1. The van der Waals surface area contributed by atoms with E-state index in [1.165, 1.54) is 12.8 Å². The number of likely N-dealkylation sites (tertiary alicyclic amines) is 1. The fraction of sp³-hybridized carbons (Fsp3) is 0.533. The van der Waals surface area contributed by atoms with Gasteiger partial charge in [0.1, 0.15) is 17.8 Å². The Morgan fingerprint density at radius 1 is 1.27 bits per heavy atom. The number of methoxy groups -OCH3 is 2. The Balaban J connectivity index is 1.84. The number of H-pyrrole nitrogens is 1. The third-order valence-corrected chi connectivity index (χ3v) is 4.08. The van der Waals surface area contributed by atoms with Crippen LogP contribution in [-0.4, -0.2) is 45.8 Å². The monoisotopic (exact) mass is 303 g/mol. The molecule has 118 valence electrons. The highest BCUT2D eigenvalue weighted by molar-refractivity contribution is 5.42. The number of nitrogens with zero attached hydrogens (tertiary/aromatic N) is 4. The normalized spacial score (nSPS) is 19.1. The molecule has 7 nitrogen and oxygen atoms in total. The Hall–Kier alpha value is -2.15. The summed E-state index contributed by atoms with van der Waals surface area (Å²) in [6.07, 6.45) is 6.76. The standard InChI is InChI=1S/C15H21N5O2/c1-21-13-6-7-16-11(14(13)22-2)9-20-8-4-3-5-12(20)15-17-10-18-19-15/h6-7,10,12H,3-5,8-9H2,1-2H3,(H,17,18,19)/t12-/m1/s1. The van der Waals surface area contributed by atoms with Crippen molar-refractivity contribution in [2.75, 3.05) is 20.8 Å². The van der Waals surface area contributed by atoms with E-state index in [-0.39, 0.29) is 6.04 Å². The summed E-state index contributed by atoms with van der Waals surface area (Å²) in [6.45, 7) is 1.71. The Bertz CT molecular complexity index is 602. The first-order valence-electron chi connectivity index (χ1n) is 7.48. The summed E-state index contributed by atoms with van der Waals surface area (Å²) in [7, 11) is 3.28. The van der Waals surface area contributed by atoms with E-state index >= 15 is 0 Å². The zero-order chi connectivity index (χ0) is 15.4. The Morgan fingerprint density at radius 3 is 2.91 bits per heavy atom. The van der Waals surface area contributed by atoms with E-state index in [1.807, 2.05) is 6.07 Å². The SMILES string of the molecule is COc1ccnc(CN2CCCC[C@@H]2c2ncn[nH]2)c1OC. The minimum absolute atomic E-state index is 0.244. The van der Waals surface area contributed by atoms with Gasteiger partial charge in [-0.25, -0.2) is 4.98 Å². The lowest BCUT2D eigenvalue weighted by Crippen LogP contribution is -2.34. The fourth-order valence-electron chi connectivity index (χ4n) is 3.02. The van der Waals surface area contributed by atoms with Crippen molar-refractivity contribution >= 4 is 0 Å². The van der Waals surface area contributed by atoms with Crippen LogP contribution < -0.4 is 9.47 Å². The van der Waals surface area contributed by atoms with E-state index in [9.17, 15) is 0 Å². The number of nitrogens with one attached hydrogen (secondary N) is 1. The molecule has 0 aliphatic carbocycles. The summed E-state index contributed by atoms with van der Waals surface area (Å²) in [5.41, 5.74) is 0.883. The smallest absolute Gasteiger partial charge is 0.183 e. The highest BCUT2D eigenvalue weighted by Crippen LogP contribution is 2.34. The van der Waals surface area contributed by atoms with Crippen molar-refractivity contribution in [2.24, 2.45) is 0 Å². The van der Waals surface area contributed by atoms with E-state index in [0.717, 1.165) is 24.5 Å². The highest BCUT2D eigenvalue weighted by atomic mass is 16.5. The molecular weight excluding hydrogens is 282 g/mol. The fourth-order valence-corrected chi connectivity index (χ4v) is 3.02. The summed E-state index contributed by atoms with van der Waals surface area (Å²) >= 11 is 0. The maximum atomic E-state index is 5.48. The molecule has 0 bridgehead atoms. The second-order valence-electron chi connectivity index (χ2n) is 5.35. The molecule has 0 radical (unpaired) electrons. The second-order valence-corrected chi connectivity index (χ2v) is 5.35. The molecule has 0 spiro atoms. The lowest BCUT2D eigenvalue weighted by molar-refractivity contribution is 0.130. The molecule has 1 N–H and O–H groups in total. The van der Waals surface area contributed by atoms with E-state index in [0.29, 0.717) is 18.0 Å². The summed E-state index contributed by atoms with van der Waals surface area (Å²) in [5.74, 6) is 2.33. The molecule has 3 rings (SSSR count). The molecule has 0 amide bonds. The van der Waals surface area contributed by atoms with Crippen molar-refractivity contribution in [1.82, 2.24) is 25.1 Å². The van der Waals surface area contributed by atoms with Crippen LogP contribution in [0.3, 0.4) is 0 Å². The van der Waals surface area contributed by atoms with Crippen LogP contribution in [0, 0.1) is 0 Å². The van der Waals surface area contributed by atoms with Gasteiger partial charge in [-0.2, -0.15) is 5.10 Å². The van der Waals surface area contributed by atoms with E-state index in [2.05, 4.69) is 25.1 Å². The van der Waals surface area contributed by atoms with Crippen LogP contribution in [0.5, 0.6) is 11.5 Å². The Morgan fingerprint density at radius 2 is 2.18 bits per heavy atom. The van der Waals surface area contributed by atoms with Crippen LogP contribution in [0.15, 0.2) is 18.6 Å². The molecule has 2 aromatic rings. The number of hydrogen-bond acceptors (Lipinski definition) is 6. The van der Waals surface area contributed by atoms with Gasteiger partial charge < -0.3 is 9.47 Å². The molecule has 0 unspecified atom stereocenters. The van der Waals surface area contributed by atoms with Gasteiger partial charge in [0.2, 0.25) is 0 Å². The molecule has 2 aromatic heterocycles. The maximum absolute atomic E-state index is 5.48. The van der Waals surface area contributed by atoms with Crippen LogP contribution in [0.1, 0.15) is 36.8 Å². The third kappa shape index (κ3) is 2.89. The molecule has 1 saturated heterocycles. The first kappa shape index (κ1) is 14.8.